The first-order chi connectivity index (χ1) is 10.2. The van der Waals surface area contributed by atoms with Crippen molar-refractivity contribution in [3.63, 3.8) is 0 Å². The number of hydrogen-bond donors (Lipinski definition) is 1. The number of fused-ring (bicyclic) bond motifs is 3. The lowest BCUT2D eigenvalue weighted by Gasteiger charge is -2.49. The van der Waals surface area contributed by atoms with Crippen LogP contribution in [-0.4, -0.2) is 42.8 Å². The Morgan fingerprint density at radius 1 is 1.33 bits per heavy atom. The molecular formula is C16H19N3O2. The smallest absolute Gasteiger partial charge is 0.340 e. The zero-order valence-corrected chi connectivity index (χ0v) is 12.3. The van der Waals surface area contributed by atoms with Crippen LogP contribution in [0.25, 0.3) is 10.9 Å². The molecule has 5 rings (SSSR count). The zero-order chi connectivity index (χ0) is 14.6. The van der Waals surface area contributed by atoms with Gasteiger partial charge in [-0.05, 0) is 24.6 Å². The first-order valence-electron chi connectivity index (χ1n) is 7.34. The third kappa shape index (κ3) is 1.92. The van der Waals surface area contributed by atoms with Crippen molar-refractivity contribution in [3.8, 4) is 0 Å². The fourth-order valence-electron chi connectivity index (χ4n) is 3.57. The first kappa shape index (κ1) is 12.7. The number of aromatic nitrogens is 1. The molecule has 2 bridgehead atoms. The van der Waals surface area contributed by atoms with E-state index in [2.05, 4.69) is 22.3 Å². The molecule has 110 valence electrons. The maximum absolute atomic E-state index is 11.8. The predicted octanol–water partition coefficient (Wildman–Crippen LogP) is 1.52. The highest BCUT2D eigenvalue weighted by molar-refractivity contribution is 6.05. The Morgan fingerprint density at radius 2 is 2.05 bits per heavy atom. The molecule has 0 saturated carbocycles. The lowest BCUT2D eigenvalue weighted by molar-refractivity contribution is 0.0603. The van der Waals surface area contributed by atoms with E-state index in [9.17, 15) is 4.79 Å². The number of anilines is 1. The number of carbonyl (C=O) groups excluding carboxylic acids is 1. The fourth-order valence-corrected chi connectivity index (χ4v) is 3.57. The number of piperazine rings is 1. The van der Waals surface area contributed by atoms with E-state index in [1.165, 1.54) is 19.2 Å². The van der Waals surface area contributed by atoms with Crippen LogP contribution < -0.4 is 10.2 Å². The van der Waals surface area contributed by atoms with E-state index in [0.29, 0.717) is 17.6 Å². The van der Waals surface area contributed by atoms with Crippen LogP contribution in [0.2, 0.25) is 0 Å². The van der Waals surface area contributed by atoms with E-state index in [4.69, 9.17) is 4.74 Å². The molecule has 1 aromatic heterocycles. The van der Waals surface area contributed by atoms with Crippen molar-refractivity contribution in [1.82, 2.24) is 9.88 Å². The van der Waals surface area contributed by atoms with Crippen molar-refractivity contribution in [2.24, 2.45) is 7.05 Å². The van der Waals surface area contributed by atoms with Crippen LogP contribution in [0.4, 0.5) is 5.69 Å². The standard InChI is InChI=1S/C16H19N3O2/c1-18-9-14(16(20)21-2)13-4-3-12(6-15(13)18)19-7-10-5-11(8-19)17-10/h3-4,6,9-11,17H,5,7-8H2,1-2H3. The minimum absolute atomic E-state index is 0.281. The number of nitrogens with zero attached hydrogens (tertiary/aromatic N) is 2. The van der Waals surface area contributed by atoms with Crippen molar-refractivity contribution in [3.05, 3.63) is 30.0 Å². The van der Waals surface area contributed by atoms with Gasteiger partial charge in [-0.3, -0.25) is 0 Å². The summed E-state index contributed by atoms with van der Waals surface area (Å²) in [6, 6.07) is 7.59. The van der Waals surface area contributed by atoms with Crippen LogP contribution >= 0.6 is 0 Å². The molecule has 5 nitrogen and oxygen atoms in total. The number of benzene rings is 1. The number of piperidine rings is 1. The summed E-state index contributed by atoms with van der Waals surface area (Å²) in [5, 5.41) is 4.50. The Kier molecular flexibility index (Phi) is 2.72. The maximum Gasteiger partial charge on any atom is 0.340 e. The highest BCUT2D eigenvalue weighted by atomic mass is 16.5. The van der Waals surface area contributed by atoms with Crippen molar-refractivity contribution in [1.29, 1.82) is 0 Å². The molecule has 3 fully saturated rings. The van der Waals surface area contributed by atoms with Crippen LogP contribution in [0.1, 0.15) is 16.8 Å². The quantitative estimate of drug-likeness (QED) is 0.850. The molecule has 5 heteroatoms. The summed E-state index contributed by atoms with van der Waals surface area (Å²) in [4.78, 5) is 14.3. The van der Waals surface area contributed by atoms with Gasteiger partial charge in [-0.15, -0.1) is 0 Å². The minimum atomic E-state index is -0.281. The Hall–Kier alpha value is -2.01. The zero-order valence-electron chi connectivity index (χ0n) is 12.3. The number of esters is 1. The SMILES string of the molecule is COC(=O)c1cn(C)c2cc(N3CC4CC(C3)N4)ccc12. The molecule has 21 heavy (non-hydrogen) atoms. The highest BCUT2D eigenvalue weighted by Crippen LogP contribution is 2.30. The van der Waals surface area contributed by atoms with Gasteiger partial charge in [-0.2, -0.15) is 0 Å². The number of methoxy groups -OCH3 is 1. The predicted molar refractivity (Wildman–Crippen MR) is 81.8 cm³/mol. The normalized spacial score (nSPS) is 24.0. The van der Waals surface area contributed by atoms with E-state index < -0.39 is 0 Å². The van der Waals surface area contributed by atoms with E-state index in [1.807, 2.05) is 23.9 Å². The Balaban J connectivity index is 1.73. The number of nitrogens with one attached hydrogen (secondary N) is 1. The summed E-state index contributed by atoms with van der Waals surface area (Å²) in [5.41, 5.74) is 2.93. The van der Waals surface area contributed by atoms with Crippen molar-refractivity contribution >= 4 is 22.6 Å². The summed E-state index contributed by atoms with van der Waals surface area (Å²) >= 11 is 0. The van der Waals surface area contributed by atoms with E-state index in [-0.39, 0.29) is 5.97 Å². The number of aryl methyl sites for hydroxylation is 1. The molecule has 3 aliphatic rings. The summed E-state index contributed by atoms with van der Waals surface area (Å²) in [6.45, 7) is 2.13. The Labute approximate surface area is 123 Å². The van der Waals surface area contributed by atoms with Gasteiger partial charge in [0.05, 0.1) is 18.2 Å². The van der Waals surface area contributed by atoms with Gasteiger partial charge in [0.2, 0.25) is 0 Å². The molecule has 2 atom stereocenters. The van der Waals surface area contributed by atoms with E-state index in [1.54, 1.807) is 0 Å². The second kappa shape index (κ2) is 4.49. The average molecular weight is 285 g/mol. The molecule has 3 aliphatic heterocycles. The summed E-state index contributed by atoms with van der Waals surface area (Å²) < 4.78 is 6.85. The molecule has 0 amide bonds. The van der Waals surface area contributed by atoms with Gasteiger partial charge < -0.3 is 19.5 Å². The molecule has 4 heterocycles. The Bertz CT molecular complexity index is 706. The fraction of sp³-hybridized carbons (Fsp3) is 0.438. The van der Waals surface area contributed by atoms with E-state index in [0.717, 1.165) is 24.0 Å². The van der Waals surface area contributed by atoms with Gasteiger partial charge >= 0.3 is 5.97 Å². The van der Waals surface area contributed by atoms with Gasteiger partial charge in [0.25, 0.3) is 0 Å². The largest absolute Gasteiger partial charge is 0.465 e. The van der Waals surface area contributed by atoms with Crippen LogP contribution in [0.3, 0.4) is 0 Å². The van der Waals surface area contributed by atoms with Crippen molar-refractivity contribution in [2.45, 2.75) is 18.5 Å². The van der Waals surface area contributed by atoms with Gasteiger partial charge in [0, 0.05) is 49.5 Å². The van der Waals surface area contributed by atoms with Crippen molar-refractivity contribution in [2.75, 3.05) is 25.1 Å². The van der Waals surface area contributed by atoms with Gasteiger partial charge in [-0.1, -0.05) is 0 Å². The molecule has 0 aliphatic carbocycles. The lowest BCUT2D eigenvalue weighted by Crippen LogP contribution is -2.67. The third-order valence-corrected chi connectivity index (χ3v) is 4.67. The van der Waals surface area contributed by atoms with Crippen LogP contribution in [0.15, 0.2) is 24.4 Å². The van der Waals surface area contributed by atoms with Crippen LogP contribution in [0, 0.1) is 0 Å². The topological polar surface area (TPSA) is 46.5 Å². The summed E-state index contributed by atoms with van der Waals surface area (Å²) in [6.07, 6.45) is 3.14. The first-order valence-corrected chi connectivity index (χ1v) is 7.34. The summed E-state index contributed by atoms with van der Waals surface area (Å²) in [7, 11) is 3.39. The molecule has 2 aromatic rings. The third-order valence-electron chi connectivity index (χ3n) is 4.67. The second-order valence-electron chi connectivity index (χ2n) is 6.05. The highest BCUT2D eigenvalue weighted by Gasteiger charge is 2.36. The molecule has 2 unspecified atom stereocenters. The monoisotopic (exact) mass is 285 g/mol. The van der Waals surface area contributed by atoms with Crippen LogP contribution in [0.5, 0.6) is 0 Å². The maximum atomic E-state index is 11.8. The molecule has 0 radical (unpaired) electrons. The summed E-state index contributed by atoms with van der Waals surface area (Å²) in [5.74, 6) is -0.281. The number of rotatable bonds is 2. The minimum Gasteiger partial charge on any atom is -0.465 e. The van der Waals surface area contributed by atoms with Gasteiger partial charge in [0.1, 0.15) is 0 Å². The Morgan fingerprint density at radius 3 is 2.71 bits per heavy atom. The molecule has 3 saturated heterocycles. The number of hydrogen-bond acceptors (Lipinski definition) is 4. The van der Waals surface area contributed by atoms with Crippen LogP contribution in [-0.2, 0) is 11.8 Å². The van der Waals surface area contributed by atoms with Crippen molar-refractivity contribution < 1.29 is 9.53 Å². The van der Waals surface area contributed by atoms with Gasteiger partial charge in [0.15, 0.2) is 0 Å². The lowest BCUT2D eigenvalue weighted by atomic mass is 9.91. The van der Waals surface area contributed by atoms with Gasteiger partial charge in [-0.25, -0.2) is 4.79 Å². The average Bonchev–Trinajstić information content (AvgIpc) is 2.83. The molecule has 1 aromatic carbocycles. The molecule has 0 spiro atoms. The van der Waals surface area contributed by atoms with E-state index >= 15 is 0 Å². The second-order valence-corrected chi connectivity index (χ2v) is 6.05. The molecular weight excluding hydrogens is 266 g/mol. The number of ether oxygens (including phenoxy) is 1. The number of carbonyl (C=O) groups is 1. The molecule has 1 N–H and O–H groups in total.